The lowest BCUT2D eigenvalue weighted by Crippen LogP contribution is -2.38. The number of hydrogen-bond donors (Lipinski definition) is 1. The van der Waals surface area contributed by atoms with Gasteiger partial charge < -0.3 is 14.6 Å². The first-order chi connectivity index (χ1) is 15.2. The fraction of sp³-hybridized carbons (Fsp3) is 0.333. The van der Waals surface area contributed by atoms with Gasteiger partial charge in [-0.2, -0.15) is 0 Å². The predicted octanol–water partition coefficient (Wildman–Crippen LogP) is 3.39. The van der Waals surface area contributed by atoms with Gasteiger partial charge in [0.2, 0.25) is 5.95 Å². The van der Waals surface area contributed by atoms with Gasteiger partial charge in [0.1, 0.15) is 10.7 Å². The zero-order valence-electron chi connectivity index (χ0n) is 17.1. The van der Waals surface area contributed by atoms with Crippen LogP contribution in [0.25, 0.3) is 21.3 Å². The number of aromatic nitrogens is 5. The molecule has 1 aromatic carbocycles. The Balaban J connectivity index is 1.38. The van der Waals surface area contributed by atoms with Crippen molar-refractivity contribution in [1.29, 1.82) is 0 Å². The highest BCUT2D eigenvalue weighted by Crippen LogP contribution is 2.31. The third-order valence-electron chi connectivity index (χ3n) is 5.22. The number of benzene rings is 1. The predicted molar refractivity (Wildman–Crippen MR) is 124 cm³/mol. The second kappa shape index (κ2) is 8.81. The molecule has 0 saturated carbocycles. The van der Waals surface area contributed by atoms with E-state index in [1.807, 2.05) is 35.7 Å². The number of rotatable bonds is 6. The van der Waals surface area contributed by atoms with Crippen LogP contribution in [0.5, 0.6) is 0 Å². The minimum absolute atomic E-state index is 0.105. The quantitative estimate of drug-likeness (QED) is 0.447. The first kappa shape index (κ1) is 20.2. The molecule has 1 N–H and O–H groups in total. The van der Waals surface area contributed by atoms with Crippen molar-refractivity contribution in [1.82, 2.24) is 24.7 Å². The van der Waals surface area contributed by atoms with Crippen LogP contribution < -0.4 is 10.5 Å². The smallest absolute Gasteiger partial charge is 0.260 e. The molecule has 0 unspecified atom stereocenters. The third-order valence-corrected chi connectivity index (χ3v) is 7.07. The fourth-order valence-electron chi connectivity index (χ4n) is 3.69. The summed E-state index contributed by atoms with van der Waals surface area (Å²) in [6, 6.07) is 9.93. The van der Waals surface area contributed by atoms with E-state index in [1.165, 1.54) is 23.1 Å². The molecule has 0 amide bonds. The maximum atomic E-state index is 12.9. The molecule has 160 valence electrons. The normalized spacial score (nSPS) is 14.4. The number of thiophene rings is 1. The lowest BCUT2D eigenvalue weighted by Gasteiger charge is -2.27. The van der Waals surface area contributed by atoms with Gasteiger partial charge in [-0.25, -0.2) is 4.98 Å². The highest BCUT2D eigenvalue weighted by atomic mass is 32.2. The molecule has 1 aliphatic rings. The molecular weight excluding hydrogens is 432 g/mol. The maximum absolute atomic E-state index is 12.9. The molecule has 10 heteroatoms. The largest absolute Gasteiger partial charge is 0.378 e. The third kappa shape index (κ3) is 3.98. The number of hydrogen-bond acceptors (Lipinski definition) is 8. The van der Waals surface area contributed by atoms with Gasteiger partial charge >= 0.3 is 0 Å². The Kier molecular flexibility index (Phi) is 5.75. The van der Waals surface area contributed by atoms with E-state index < -0.39 is 0 Å². The number of anilines is 1. The molecule has 0 bridgehead atoms. The number of H-pyrrole nitrogens is 1. The number of ether oxygens (including phenoxy) is 1. The Labute approximate surface area is 187 Å². The van der Waals surface area contributed by atoms with Crippen LogP contribution in [-0.2, 0) is 17.0 Å². The summed E-state index contributed by atoms with van der Waals surface area (Å²) in [5.41, 5.74) is 1.84. The molecule has 31 heavy (non-hydrogen) atoms. The van der Waals surface area contributed by atoms with Gasteiger partial charge in [-0.05, 0) is 12.5 Å². The van der Waals surface area contributed by atoms with Crippen LogP contribution in [0.4, 0.5) is 5.95 Å². The molecule has 0 aliphatic carbocycles. The van der Waals surface area contributed by atoms with Gasteiger partial charge in [0.05, 0.1) is 24.4 Å². The van der Waals surface area contributed by atoms with Crippen LogP contribution in [0.15, 0.2) is 45.7 Å². The van der Waals surface area contributed by atoms with Crippen molar-refractivity contribution in [3.05, 3.63) is 51.9 Å². The maximum Gasteiger partial charge on any atom is 0.260 e. The zero-order valence-corrected chi connectivity index (χ0v) is 18.7. The average molecular weight is 455 g/mol. The number of fused-ring (bicyclic) bond motifs is 1. The summed E-state index contributed by atoms with van der Waals surface area (Å²) in [5.74, 6) is 2.03. The van der Waals surface area contributed by atoms with Gasteiger partial charge in [-0.3, -0.25) is 9.36 Å². The number of thioether (sulfide) groups is 1. The molecule has 1 saturated heterocycles. The number of nitrogens with one attached hydrogen (secondary N) is 1. The monoisotopic (exact) mass is 454 g/mol. The number of nitrogens with zero attached hydrogens (tertiary/aromatic N) is 5. The van der Waals surface area contributed by atoms with Crippen LogP contribution in [0.2, 0.25) is 0 Å². The van der Waals surface area contributed by atoms with Crippen LogP contribution in [0, 0.1) is 0 Å². The van der Waals surface area contributed by atoms with Crippen molar-refractivity contribution in [3.63, 3.8) is 0 Å². The van der Waals surface area contributed by atoms with E-state index in [9.17, 15) is 4.79 Å². The summed E-state index contributed by atoms with van der Waals surface area (Å²) in [7, 11) is 0. The lowest BCUT2D eigenvalue weighted by atomic mass is 10.1. The molecule has 1 fully saturated rings. The van der Waals surface area contributed by atoms with E-state index in [2.05, 4.69) is 31.6 Å². The molecule has 1 aliphatic heterocycles. The van der Waals surface area contributed by atoms with Crippen molar-refractivity contribution < 1.29 is 4.74 Å². The van der Waals surface area contributed by atoms with Crippen molar-refractivity contribution in [2.24, 2.45) is 0 Å². The Morgan fingerprint density at radius 2 is 2.00 bits per heavy atom. The molecule has 0 atom stereocenters. The average Bonchev–Trinajstić information content (AvgIpc) is 3.43. The Bertz CT molecular complexity index is 1240. The highest BCUT2D eigenvalue weighted by Gasteiger charge is 2.20. The standard InChI is InChI=1S/C21H22N6O2S2/c1-2-27-20(26-8-10-29-11-9-26)24-25-21(27)31-13-16-22-18(28)17-15(12-30-19(17)23-16)14-6-4-3-5-7-14/h3-7,12H,2,8-11,13H2,1H3,(H,22,23,28). The zero-order chi connectivity index (χ0) is 21.2. The second-order valence-electron chi connectivity index (χ2n) is 7.12. The van der Waals surface area contributed by atoms with Crippen molar-refractivity contribution in [2.45, 2.75) is 24.4 Å². The molecule has 4 aromatic rings. The summed E-state index contributed by atoms with van der Waals surface area (Å²) in [5, 5.41) is 12.3. The summed E-state index contributed by atoms with van der Waals surface area (Å²) >= 11 is 3.03. The number of aromatic amines is 1. The van der Waals surface area contributed by atoms with Gasteiger partial charge in [-0.15, -0.1) is 21.5 Å². The summed E-state index contributed by atoms with van der Waals surface area (Å²) in [6.45, 7) is 5.90. The molecular formula is C21H22N6O2S2. The molecule has 0 radical (unpaired) electrons. The second-order valence-corrected chi connectivity index (χ2v) is 8.92. The van der Waals surface area contributed by atoms with Crippen molar-refractivity contribution in [3.8, 4) is 11.1 Å². The van der Waals surface area contributed by atoms with Crippen LogP contribution in [0.1, 0.15) is 12.7 Å². The summed E-state index contributed by atoms with van der Waals surface area (Å²) in [6.07, 6.45) is 0. The van der Waals surface area contributed by atoms with Gasteiger partial charge in [0.15, 0.2) is 5.16 Å². The first-order valence-electron chi connectivity index (χ1n) is 10.2. The van der Waals surface area contributed by atoms with Gasteiger partial charge in [0.25, 0.3) is 5.56 Å². The molecule has 3 aromatic heterocycles. The minimum Gasteiger partial charge on any atom is -0.378 e. The van der Waals surface area contributed by atoms with E-state index >= 15 is 0 Å². The van der Waals surface area contributed by atoms with Crippen LogP contribution >= 0.6 is 23.1 Å². The summed E-state index contributed by atoms with van der Waals surface area (Å²) in [4.78, 5) is 23.5. The van der Waals surface area contributed by atoms with E-state index in [4.69, 9.17) is 9.72 Å². The van der Waals surface area contributed by atoms with E-state index in [0.717, 1.165) is 46.7 Å². The Morgan fingerprint density at radius 3 is 2.77 bits per heavy atom. The highest BCUT2D eigenvalue weighted by molar-refractivity contribution is 7.98. The van der Waals surface area contributed by atoms with Crippen molar-refractivity contribution in [2.75, 3.05) is 31.2 Å². The van der Waals surface area contributed by atoms with Crippen molar-refractivity contribution >= 4 is 39.3 Å². The summed E-state index contributed by atoms with van der Waals surface area (Å²) < 4.78 is 7.54. The number of morpholine rings is 1. The Morgan fingerprint density at radius 1 is 1.19 bits per heavy atom. The van der Waals surface area contributed by atoms with E-state index in [0.29, 0.717) is 30.2 Å². The van der Waals surface area contributed by atoms with E-state index in [1.54, 1.807) is 0 Å². The Hall–Kier alpha value is -2.69. The molecule has 0 spiro atoms. The SMILES string of the molecule is CCn1c(SCc2nc3scc(-c4ccccc4)c3c(=O)[nH]2)nnc1N1CCOCC1. The van der Waals surface area contributed by atoms with Gasteiger partial charge in [-0.1, -0.05) is 42.1 Å². The van der Waals surface area contributed by atoms with E-state index in [-0.39, 0.29) is 5.56 Å². The molecule has 8 nitrogen and oxygen atoms in total. The fourth-order valence-corrected chi connectivity index (χ4v) is 5.52. The molecule has 5 rings (SSSR count). The topological polar surface area (TPSA) is 88.9 Å². The minimum atomic E-state index is -0.105. The lowest BCUT2D eigenvalue weighted by molar-refractivity contribution is 0.121. The molecule has 4 heterocycles. The first-order valence-corrected chi connectivity index (χ1v) is 12.1. The van der Waals surface area contributed by atoms with Crippen LogP contribution in [0.3, 0.4) is 0 Å². The van der Waals surface area contributed by atoms with Crippen LogP contribution in [-0.4, -0.2) is 51.0 Å². The van der Waals surface area contributed by atoms with Gasteiger partial charge in [0, 0.05) is 30.6 Å².